The van der Waals surface area contributed by atoms with Crippen molar-refractivity contribution in [2.24, 2.45) is 5.92 Å². The topological polar surface area (TPSA) is 41.6 Å². The highest BCUT2D eigenvalue weighted by Gasteiger charge is 2.28. The van der Waals surface area contributed by atoms with Crippen molar-refractivity contribution >= 4 is 5.91 Å². The Balaban J connectivity index is 1.32. The summed E-state index contributed by atoms with van der Waals surface area (Å²) in [6, 6.07) is 17.2. The summed E-state index contributed by atoms with van der Waals surface area (Å²) in [6.07, 6.45) is 5.61. The number of amides is 1. The molecule has 1 saturated heterocycles. The van der Waals surface area contributed by atoms with E-state index >= 15 is 0 Å². The number of nitrogens with one attached hydrogen (secondary N) is 1. The summed E-state index contributed by atoms with van der Waals surface area (Å²) in [5.74, 6) is 1.44. The maximum Gasteiger partial charge on any atom is 0.223 e. The molecule has 2 aromatic rings. The molecular weight excluding hydrogens is 348 g/mol. The van der Waals surface area contributed by atoms with Crippen molar-refractivity contribution in [3.63, 3.8) is 0 Å². The molecule has 0 spiro atoms. The van der Waals surface area contributed by atoms with E-state index in [4.69, 9.17) is 4.74 Å². The molecule has 1 amide bonds. The first-order chi connectivity index (χ1) is 13.7. The number of para-hydroxylation sites is 1. The van der Waals surface area contributed by atoms with Gasteiger partial charge in [-0.25, -0.2) is 0 Å². The van der Waals surface area contributed by atoms with Crippen LogP contribution >= 0.6 is 0 Å². The van der Waals surface area contributed by atoms with Crippen LogP contribution in [-0.2, 0) is 11.3 Å². The highest BCUT2D eigenvalue weighted by atomic mass is 16.5. The molecule has 1 aliphatic carbocycles. The van der Waals surface area contributed by atoms with E-state index in [1.165, 1.54) is 24.0 Å². The normalized spacial score (nSPS) is 20.4. The second kappa shape index (κ2) is 8.78. The number of nitrogens with zero attached hydrogens (tertiary/aromatic N) is 1. The van der Waals surface area contributed by atoms with Crippen LogP contribution in [0.1, 0.15) is 37.7 Å². The lowest BCUT2D eigenvalue weighted by Gasteiger charge is -2.18. The van der Waals surface area contributed by atoms with Crippen LogP contribution in [0.25, 0.3) is 11.1 Å². The standard InChI is InChI=1S/C24H30N2O2/c1-28-23-9-5-4-8-22(23)19-12-10-18(11-13-19)16-26-15-14-21(17-26)25-24(27)20-6-2-3-7-20/h4-5,8-13,20-21H,2-3,6-7,14-17H2,1H3,(H,25,27). The quantitative estimate of drug-likeness (QED) is 0.817. The smallest absolute Gasteiger partial charge is 0.223 e. The lowest BCUT2D eigenvalue weighted by molar-refractivity contribution is -0.125. The van der Waals surface area contributed by atoms with Gasteiger partial charge in [0.1, 0.15) is 5.75 Å². The molecule has 1 N–H and O–H groups in total. The predicted octanol–water partition coefficient (Wildman–Crippen LogP) is 4.24. The first kappa shape index (κ1) is 19.0. The van der Waals surface area contributed by atoms with Crippen LogP contribution < -0.4 is 10.1 Å². The van der Waals surface area contributed by atoms with E-state index in [0.29, 0.717) is 6.04 Å². The summed E-state index contributed by atoms with van der Waals surface area (Å²) in [7, 11) is 1.71. The summed E-state index contributed by atoms with van der Waals surface area (Å²) in [4.78, 5) is 14.8. The minimum absolute atomic E-state index is 0.261. The second-order valence-corrected chi connectivity index (χ2v) is 8.11. The number of rotatable bonds is 6. The van der Waals surface area contributed by atoms with E-state index in [0.717, 1.165) is 50.2 Å². The predicted molar refractivity (Wildman–Crippen MR) is 112 cm³/mol. The van der Waals surface area contributed by atoms with Gasteiger partial charge in [-0.1, -0.05) is 55.3 Å². The van der Waals surface area contributed by atoms with Crippen LogP contribution in [0.4, 0.5) is 0 Å². The summed E-state index contributed by atoms with van der Waals surface area (Å²) < 4.78 is 5.48. The molecule has 1 heterocycles. The lowest BCUT2D eigenvalue weighted by atomic mass is 10.0. The maximum atomic E-state index is 12.4. The van der Waals surface area contributed by atoms with Gasteiger partial charge in [-0.3, -0.25) is 9.69 Å². The molecule has 2 fully saturated rings. The number of hydrogen-bond acceptors (Lipinski definition) is 3. The number of likely N-dealkylation sites (tertiary alicyclic amines) is 1. The van der Waals surface area contributed by atoms with Gasteiger partial charge in [0.2, 0.25) is 5.91 Å². The largest absolute Gasteiger partial charge is 0.496 e. The fourth-order valence-corrected chi connectivity index (χ4v) is 4.53. The van der Waals surface area contributed by atoms with Crippen LogP contribution in [0.15, 0.2) is 48.5 Å². The van der Waals surface area contributed by atoms with Crippen molar-refractivity contribution < 1.29 is 9.53 Å². The third-order valence-electron chi connectivity index (χ3n) is 6.12. The summed E-state index contributed by atoms with van der Waals surface area (Å²) >= 11 is 0. The molecule has 4 heteroatoms. The van der Waals surface area contributed by atoms with Crippen molar-refractivity contribution in [2.45, 2.75) is 44.7 Å². The molecule has 4 nitrogen and oxygen atoms in total. The maximum absolute atomic E-state index is 12.4. The van der Waals surface area contributed by atoms with Crippen molar-refractivity contribution in [1.82, 2.24) is 10.2 Å². The number of carbonyl (C=O) groups excluding carboxylic acids is 1. The van der Waals surface area contributed by atoms with Gasteiger partial charge in [-0.05, 0) is 36.5 Å². The third kappa shape index (κ3) is 4.39. The van der Waals surface area contributed by atoms with Crippen LogP contribution in [0.2, 0.25) is 0 Å². The summed E-state index contributed by atoms with van der Waals surface area (Å²) in [5.41, 5.74) is 3.60. The zero-order valence-electron chi connectivity index (χ0n) is 16.7. The fraction of sp³-hybridized carbons (Fsp3) is 0.458. The molecule has 1 atom stereocenters. The number of hydrogen-bond donors (Lipinski definition) is 1. The Kier molecular flexibility index (Phi) is 5.96. The Hall–Kier alpha value is -2.33. The Labute approximate surface area is 167 Å². The molecule has 28 heavy (non-hydrogen) atoms. The summed E-state index contributed by atoms with van der Waals surface area (Å²) in [6.45, 7) is 2.93. The van der Waals surface area contributed by atoms with E-state index in [2.05, 4.69) is 40.5 Å². The number of benzene rings is 2. The molecule has 4 rings (SSSR count). The van der Waals surface area contributed by atoms with Gasteiger partial charge < -0.3 is 10.1 Å². The number of ether oxygens (including phenoxy) is 1. The van der Waals surface area contributed by atoms with Gasteiger partial charge in [0.25, 0.3) is 0 Å². The van der Waals surface area contributed by atoms with E-state index in [1.807, 2.05) is 18.2 Å². The SMILES string of the molecule is COc1ccccc1-c1ccc(CN2CCC(NC(=O)C3CCCC3)C2)cc1. The zero-order valence-corrected chi connectivity index (χ0v) is 16.7. The third-order valence-corrected chi connectivity index (χ3v) is 6.12. The van der Waals surface area contributed by atoms with Crippen molar-refractivity contribution in [3.05, 3.63) is 54.1 Å². The second-order valence-electron chi connectivity index (χ2n) is 8.11. The highest BCUT2D eigenvalue weighted by Crippen LogP contribution is 2.30. The van der Waals surface area contributed by atoms with E-state index < -0.39 is 0 Å². The molecule has 2 aromatic carbocycles. The molecule has 1 unspecified atom stereocenters. The molecule has 0 aromatic heterocycles. The van der Waals surface area contributed by atoms with Gasteiger partial charge in [0.15, 0.2) is 0 Å². The average molecular weight is 379 g/mol. The Morgan fingerprint density at radius 1 is 1.07 bits per heavy atom. The van der Waals surface area contributed by atoms with E-state index in [-0.39, 0.29) is 11.8 Å². The first-order valence-electron chi connectivity index (χ1n) is 10.5. The minimum Gasteiger partial charge on any atom is -0.496 e. The van der Waals surface area contributed by atoms with Crippen LogP contribution in [-0.4, -0.2) is 37.0 Å². The molecule has 1 aliphatic heterocycles. The minimum atomic E-state index is 0.261. The Morgan fingerprint density at radius 3 is 2.57 bits per heavy atom. The first-order valence-corrected chi connectivity index (χ1v) is 10.5. The Morgan fingerprint density at radius 2 is 1.82 bits per heavy atom. The fourth-order valence-electron chi connectivity index (χ4n) is 4.53. The number of carbonyl (C=O) groups is 1. The van der Waals surface area contributed by atoms with Gasteiger partial charge >= 0.3 is 0 Å². The Bertz CT molecular complexity index is 797. The highest BCUT2D eigenvalue weighted by molar-refractivity contribution is 5.79. The molecule has 2 aliphatic rings. The molecule has 148 valence electrons. The van der Waals surface area contributed by atoms with Crippen LogP contribution in [0, 0.1) is 5.92 Å². The monoisotopic (exact) mass is 378 g/mol. The van der Waals surface area contributed by atoms with E-state index in [9.17, 15) is 4.79 Å². The van der Waals surface area contributed by atoms with Crippen molar-refractivity contribution in [1.29, 1.82) is 0 Å². The molecule has 1 saturated carbocycles. The van der Waals surface area contributed by atoms with Crippen LogP contribution in [0.3, 0.4) is 0 Å². The molecule has 0 bridgehead atoms. The van der Waals surface area contributed by atoms with Crippen LogP contribution in [0.5, 0.6) is 5.75 Å². The van der Waals surface area contributed by atoms with Crippen molar-refractivity contribution in [2.75, 3.05) is 20.2 Å². The molecule has 0 radical (unpaired) electrons. The van der Waals surface area contributed by atoms with Gasteiger partial charge in [-0.15, -0.1) is 0 Å². The zero-order chi connectivity index (χ0) is 19.3. The molecular formula is C24H30N2O2. The van der Waals surface area contributed by atoms with E-state index in [1.54, 1.807) is 7.11 Å². The van der Waals surface area contributed by atoms with Gasteiger partial charge in [0, 0.05) is 37.2 Å². The van der Waals surface area contributed by atoms with Gasteiger partial charge in [0.05, 0.1) is 7.11 Å². The van der Waals surface area contributed by atoms with Gasteiger partial charge in [-0.2, -0.15) is 0 Å². The lowest BCUT2D eigenvalue weighted by Crippen LogP contribution is -2.39. The summed E-state index contributed by atoms with van der Waals surface area (Å²) in [5, 5.41) is 3.29. The number of methoxy groups -OCH3 is 1. The average Bonchev–Trinajstić information content (AvgIpc) is 3.41. The van der Waals surface area contributed by atoms with Crippen molar-refractivity contribution in [3.8, 4) is 16.9 Å².